The number of aryl methyl sites for hydroxylation is 1. The smallest absolute Gasteiger partial charge is 0.174 e. The van der Waals surface area contributed by atoms with Crippen molar-refractivity contribution in [2.24, 2.45) is 0 Å². The lowest BCUT2D eigenvalue weighted by atomic mass is 9.96. The number of benzene rings is 2. The van der Waals surface area contributed by atoms with E-state index in [0.29, 0.717) is 5.11 Å². The molecule has 0 aliphatic carbocycles. The van der Waals surface area contributed by atoms with E-state index in [2.05, 4.69) is 39.7 Å². The SMILES string of the molecule is Cc1cc([C@@H]2[C@@H](c3ccccn3)NC(=S)N2c2ccc(OC(C)C)cc2)c(C)n1-c1ccc(F)cc1. The highest BCUT2D eigenvalue weighted by Gasteiger charge is 2.42. The van der Waals surface area contributed by atoms with Gasteiger partial charge in [0.15, 0.2) is 5.11 Å². The van der Waals surface area contributed by atoms with Gasteiger partial charge in [0, 0.05) is 29.0 Å². The first-order valence-corrected chi connectivity index (χ1v) is 12.5. The fourth-order valence-corrected chi connectivity index (χ4v) is 5.33. The fourth-order valence-electron chi connectivity index (χ4n) is 4.98. The fraction of sp³-hybridized carbons (Fsp3) is 0.241. The molecular weight excluding hydrogens is 471 g/mol. The number of anilines is 1. The van der Waals surface area contributed by atoms with Gasteiger partial charge in [-0.05, 0) is 112 Å². The molecule has 0 amide bonds. The molecule has 2 aromatic carbocycles. The van der Waals surface area contributed by atoms with Gasteiger partial charge in [-0.15, -0.1) is 0 Å². The Morgan fingerprint density at radius 3 is 2.31 bits per heavy atom. The van der Waals surface area contributed by atoms with Crippen LogP contribution in [0.3, 0.4) is 0 Å². The molecule has 0 unspecified atom stereocenters. The second-order valence-corrected chi connectivity index (χ2v) is 9.68. The van der Waals surface area contributed by atoms with Gasteiger partial charge in [0.25, 0.3) is 0 Å². The van der Waals surface area contributed by atoms with Crippen molar-refractivity contribution in [3.63, 3.8) is 0 Å². The van der Waals surface area contributed by atoms with Crippen molar-refractivity contribution >= 4 is 23.0 Å². The van der Waals surface area contributed by atoms with Gasteiger partial charge in [-0.2, -0.15) is 0 Å². The Kier molecular flexibility index (Phi) is 6.49. The summed E-state index contributed by atoms with van der Waals surface area (Å²) in [6.07, 6.45) is 1.91. The van der Waals surface area contributed by atoms with E-state index in [-0.39, 0.29) is 24.0 Å². The van der Waals surface area contributed by atoms with Crippen LogP contribution in [0.15, 0.2) is 79.0 Å². The molecule has 36 heavy (non-hydrogen) atoms. The van der Waals surface area contributed by atoms with Crippen molar-refractivity contribution in [2.45, 2.75) is 45.9 Å². The molecular formula is C29H29FN4OS. The molecule has 5 rings (SSSR count). The zero-order valence-electron chi connectivity index (χ0n) is 20.8. The standard InChI is InChI=1S/C29H29FN4OS/c1-18(2)35-24-14-12-23(13-15-24)34-28(27(32-29(34)36)26-7-5-6-16-31-26)25-17-19(3)33(20(25)4)22-10-8-21(30)9-11-22/h5-18,27-28H,1-4H3,(H,32,36)/t27-,28-/m1/s1. The maximum atomic E-state index is 13.6. The van der Waals surface area contributed by atoms with Gasteiger partial charge in [0.05, 0.1) is 23.9 Å². The largest absolute Gasteiger partial charge is 0.491 e. The Morgan fingerprint density at radius 1 is 0.972 bits per heavy atom. The molecule has 0 bridgehead atoms. The van der Waals surface area contributed by atoms with Crippen LogP contribution < -0.4 is 15.0 Å². The number of halogens is 1. The Balaban J connectivity index is 1.62. The molecule has 4 aromatic rings. The number of hydrogen-bond donors (Lipinski definition) is 1. The van der Waals surface area contributed by atoms with Gasteiger partial charge in [-0.1, -0.05) is 6.07 Å². The van der Waals surface area contributed by atoms with Gasteiger partial charge in [-0.3, -0.25) is 4.98 Å². The van der Waals surface area contributed by atoms with E-state index in [1.165, 1.54) is 12.1 Å². The number of nitrogens with zero attached hydrogens (tertiary/aromatic N) is 3. The number of hydrogen-bond acceptors (Lipinski definition) is 3. The van der Waals surface area contributed by atoms with Crippen molar-refractivity contribution in [1.82, 2.24) is 14.9 Å². The lowest BCUT2D eigenvalue weighted by Crippen LogP contribution is -2.29. The van der Waals surface area contributed by atoms with Crippen molar-refractivity contribution < 1.29 is 9.13 Å². The van der Waals surface area contributed by atoms with Crippen LogP contribution in [-0.2, 0) is 0 Å². The second kappa shape index (κ2) is 9.74. The first kappa shape index (κ1) is 24.0. The summed E-state index contributed by atoms with van der Waals surface area (Å²) in [5.74, 6) is 0.567. The third-order valence-electron chi connectivity index (χ3n) is 6.46. The molecule has 1 aliphatic heterocycles. The zero-order chi connectivity index (χ0) is 25.4. The average Bonchev–Trinajstić information content (AvgIpc) is 3.35. The summed E-state index contributed by atoms with van der Waals surface area (Å²) in [6.45, 7) is 8.19. The third kappa shape index (κ3) is 4.46. The molecule has 0 saturated carbocycles. The van der Waals surface area contributed by atoms with Crippen LogP contribution >= 0.6 is 12.2 Å². The Hall–Kier alpha value is -3.71. The molecule has 2 aromatic heterocycles. The molecule has 7 heteroatoms. The monoisotopic (exact) mass is 500 g/mol. The van der Waals surface area contributed by atoms with Gasteiger partial charge in [0.1, 0.15) is 11.6 Å². The predicted molar refractivity (Wildman–Crippen MR) is 145 cm³/mol. The van der Waals surface area contributed by atoms with Crippen LogP contribution in [0.1, 0.15) is 48.6 Å². The molecule has 0 spiro atoms. The summed E-state index contributed by atoms with van der Waals surface area (Å²) < 4.78 is 21.6. The van der Waals surface area contributed by atoms with Gasteiger partial charge in [0.2, 0.25) is 0 Å². The number of pyridine rings is 1. The minimum absolute atomic E-state index is 0.100. The number of aromatic nitrogens is 2. The van der Waals surface area contributed by atoms with E-state index in [0.717, 1.165) is 39.8 Å². The van der Waals surface area contributed by atoms with Crippen molar-refractivity contribution in [1.29, 1.82) is 0 Å². The molecule has 2 atom stereocenters. The highest BCUT2D eigenvalue weighted by Crippen LogP contribution is 2.44. The van der Waals surface area contributed by atoms with Crippen LogP contribution in [0.5, 0.6) is 5.75 Å². The Labute approximate surface area is 216 Å². The number of nitrogens with one attached hydrogen (secondary N) is 1. The van der Waals surface area contributed by atoms with Crippen LogP contribution in [0, 0.1) is 19.7 Å². The summed E-state index contributed by atoms with van der Waals surface area (Å²) >= 11 is 5.88. The van der Waals surface area contributed by atoms with Crippen molar-refractivity contribution in [3.05, 3.63) is 107 Å². The lowest BCUT2D eigenvalue weighted by Gasteiger charge is -2.28. The summed E-state index contributed by atoms with van der Waals surface area (Å²) in [7, 11) is 0. The van der Waals surface area contributed by atoms with E-state index < -0.39 is 0 Å². The van der Waals surface area contributed by atoms with Crippen LogP contribution in [0.2, 0.25) is 0 Å². The Bertz CT molecular complexity index is 1370. The molecule has 0 radical (unpaired) electrons. The van der Waals surface area contributed by atoms with Crippen molar-refractivity contribution in [2.75, 3.05) is 4.90 Å². The average molecular weight is 501 g/mol. The number of rotatable bonds is 6. The lowest BCUT2D eigenvalue weighted by molar-refractivity contribution is 0.242. The number of thiocarbonyl (C=S) groups is 1. The summed E-state index contributed by atoms with van der Waals surface area (Å²) in [4.78, 5) is 6.81. The molecule has 1 fully saturated rings. The number of ether oxygens (including phenoxy) is 1. The van der Waals surface area contributed by atoms with Gasteiger partial charge in [-0.25, -0.2) is 4.39 Å². The van der Waals surface area contributed by atoms with Crippen LogP contribution in [0.25, 0.3) is 5.69 Å². The maximum absolute atomic E-state index is 13.6. The molecule has 5 nitrogen and oxygen atoms in total. The van der Waals surface area contributed by atoms with Crippen molar-refractivity contribution in [3.8, 4) is 11.4 Å². The molecule has 3 heterocycles. The normalized spacial score (nSPS) is 17.5. The van der Waals surface area contributed by atoms with E-state index >= 15 is 0 Å². The minimum atomic E-state index is -0.252. The van der Waals surface area contributed by atoms with E-state index in [9.17, 15) is 4.39 Å². The van der Waals surface area contributed by atoms with E-state index in [1.807, 2.05) is 56.3 Å². The highest BCUT2D eigenvalue weighted by molar-refractivity contribution is 7.80. The third-order valence-corrected chi connectivity index (χ3v) is 6.77. The van der Waals surface area contributed by atoms with Gasteiger partial charge >= 0.3 is 0 Å². The second-order valence-electron chi connectivity index (χ2n) is 9.30. The Morgan fingerprint density at radius 2 is 1.67 bits per heavy atom. The zero-order valence-corrected chi connectivity index (χ0v) is 21.6. The van der Waals surface area contributed by atoms with Crippen LogP contribution in [0.4, 0.5) is 10.1 Å². The molecule has 184 valence electrons. The highest BCUT2D eigenvalue weighted by atomic mass is 32.1. The topological polar surface area (TPSA) is 42.3 Å². The quantitative estimate of drug-likeness (QED) is 0.303. The first-order valence-electron chi connectivity index (χ1n) is 12.1. The van der Waals surface area contributed by atoms with Crippen LogP contribution in [-0.4, -0.2) is 20.8 Å². The van der Waals surface area contributed by atoms with E-state index in [1.54, 1.807) is 18.3 Å². The molecule has 1 aliphatic rings. The maximum Gasteiger partial charge on any atom is 0.174 e. The summed E-state index contributed by atoms with van der Waals surface area (Å²) in [6, 6.07) is 22.5. The van der Waals surface area contributed by atoms with E-state index in [4.69, 9.17) is 17.0 Å². The molecule has 1 saturated heterocycles. The molecule has 1 N–H and O–H groups in total. The predicted octanol–water partition coefficient (Wildman–Crippen LogP) is 6.59. The summed E-state index contributed by atoms with van der Waals surface area (Å²) in [5, 5.41) is 4.16. The first-order chi connectivity index (χ1) is 17.3. The minimum Gasteiger partial charge on any atom is -0.491 e. The van der Waals surface area contributed by atoms with Gasteiger partial charge < -0.3 is 19.5 Å². The summed E-state index contributed by atoms with van der Waals surface area (Å²) in [5.41, 5.74) is 6.07.